The molecule has 68 valence electrons. The maximum Gasteiger partial charge on any atom is 0.0361 e. The van der Waals surface area contributed by atoms with E-state index in [9.17, 15) is 0 Å². The molecule has 2 aromatic rings. The van der Waals surface area contributed by atoms with Crippen molar-refractivity contribution in [1.82, 2.24) is 0 Å². The number of rotatable bonds is 1. The Labute approximate surface area is 89.7 Å². The highest BCUT2D eigenvalue weighted by Crippen LogP contribution is 2.33. The molecule has 0 spiro atoms. The van der Waals surface area contributed by atoms with Crippen LogP contribution in [0.2, 0.25) is 0 Å². The number of benzene rings is 1. The highest BCUT2D eigenvalue weighted by atomic mass is 79.9. The minimum Gasteiger partial charge on any atom is -0.324 e. The molecule has 0 radical (unpaired) electrons. The smallest absolute Gasteiger partial charge is 0.0361 e. The van der Waals surface area contributed by atoms with E-state index in [-0.39, 0.29) is 6.04 Å². The summed E-state index contributed by atoms with van der Waals surface area (Å²) in [4.78, 5) is 1.24. The molecule has 1 aromatic heterocycles. The molecule has 3 heteroatoms. The molecule has 2 rings (SSSR count). The molecule has 0 aliphatic rings. The van der Waals surface area contributed by atoms with Crippen molar-refractivity contribution in [2.24, 2.45) is 5.73 Å². The molecule has 0 amide bonds. The van der Waals surface area contributed by atoms with Crippen LogP contribution in [0, 0.1) is 0 Å². The largest absolute Gasteiger partial charge is 0.324 e. The first-order chi connectivity index (χ1) is 6.18. The zero-order chi connectivity index (χ0) is 9.42. The Morgan fingerprint density at radius 3 is 2.85 bits per heavy atom. The topological polar surface area (TPSA) is 26.0 Å². The summed E-state index contributed by atoms with van der Waals surface area (Å²) in [6, 6.07) is 8.52. The Bertz CT molecular complexity index is 433. The summed E-state index contributed by atoms with van der Waals surface area (Å²) in [5, 5.41) is 1.26. The number of nitrogens with two attached hydrogens (primary N) is 1. The van der Waals surface area contributed by atoms with Crippen molar-refractivity contribution < 1.29 is 0 Å². The molecule has 1 aromatic carbocycles. The van der Waals surface area contributed by atoms with Gasteiger partial charge in [0, 0.05) is 25.5 Å². The molecular weight excluding hydrogens is 246 g/mol. The van der Waals surface area contributed by atoms with Gasteiger partial charge in [0.15, 0.2) is 0 Å². The summed E-state index contributed by atoms with van der Waals surface area (Å²) in [6.07, 6.45) is 0. The summed E-state index contributed by atoms with van der Waals surface area (Å²) in [5.41, 5.74) is 5.82. The Kier molecular flexibility index (Phi) is 2.41. The summed E-state index contributed by atoms with van der Waals surface area (Å²) in [7, 11) is 0. The van der Waals surface area contributed by atoms with E-state index in [1.54, 1.807) is 11.3 Å². The summed E-state index contributed by atoms with van der Waals surface area (Å²) in [5.74, 6) is 0. The summed E-state index contributed by atoms with van der Waals surface area (Å²) >= 11 is 5.29. The molecule has 2 N–H and O–H groups in total. The summed E-state index contributed by atoms with van der Waals surface area (Å²) in [6.45, 7) is 2.01. The van der Waals surface area contributed by atoms with Crippen LogP contribution < -0.4 is 5.73 Å². The standard InChI is InChI=1S/C10H10BrNS/c1-6(12)10-5-7-8(11)3-2-4-9(7)13-10/h2-6H,12H2,1H3. The number of hydrogen-bond donors (Lipinski definition) is 1. The minimum absolute atomic E-state index is 0.129. The van der Waals surface area contributed by atoms with Crippen LogP contribution in [0.15, 0.2) is 28.7 Å². The van der Waals surface area contributed by atoms with E-state index in [4.69, 9.17) is 5.73 Å². The van der Waals surface area contributed by atoms with Gasteiger partial charge in [0.1, 0.15) is 0 Å². The minimum atomic E-state index is 0.129. The number of thiophene rings is 1. The van der Waals surface area contributed by atoms with Crippen molar-refractivity contribution in [2.45, 2.75) is 13.0 Å². The molecule has 0 aliphatic carbocycles. The molecule has 0 saturated heterocycles. The normalized spacial score (nSPS) is 13.5. The van der Waals surface area contributed by atoms with Crippen LogP contribution in [0.4, 0.5) is 0 Å². The van der Waals surface area contributed by atoms with Gasteiger partial charge < -0.3 is 5.73 Å². The lowest BCUT2D eigenvalue weighted by atomic mass is 10.2. The first-order valence-corrected chi connectivity index (χ1v) is 5.73. The van der Waals surface area contributed by atoms with Crippen molar-refractivity contribution in [3.8, 4) is 0 Å². The fourth-order valence-electron chi connectivity index (χ4n) is 1.27. The molecule has 13 heavy (non-hydrogen) atoms. The highest BCUT2D eigenvalue weighted by Gasteiger charge is 2.06. The third-order valence-corrected chi connectivity index (χ3v) is 3.97. The van der Waals surface area contributed by atoms with Gasteiger partial charge in [-0.2, -0.15) is 0 Å². The lowest BCUT2D eigenvalue weighted by molar-refractivity contribution is 0.839. The van der Waals surface area contributed by atoms with Crippen molar-refractivity contribution in [1.29, 1.82) is 0 Å². The molecule has 1 heterocycles. The third kappa shape index (κ3) is 1.64. The van der Waals surface area contributed by atoms with Gasteiger partial charge in [-0.25, -0.2) is 0 Å². The van der Waals surface area contributed by atoms with E-state index in [0.717, 1.165) is 4.47 Å². The van der Waals surface area contributed by atoms with E-state index in [1.165, 1.54) is 15.0 Å². The van der Waals surface area contributed by atoms with E-state index in [1.807, 2.05) is 13.0 Å². The quantitative estimate of drug-likeness (QED) is 0.827. The predicted molar refractivity (Wildman–Crippen MR) is 62.1 cm³/mol. The van der Waals surface area contributed by atoms with Crippen LogP contribution >= 0.6 is 27.3 Å². The van der Waals surface area contributed by atoms with Crippen molar-refractivity contribution in [3.63, 3.8) is 0 Å². The average Bonchev–Trinajstić information content (AvgIpc) is 2.49. The molecule has 1 atom stereocenters. The average molecular weight is 256 g/mol. The van der Waals surface area contributed by atoms with Gasteiger partial charge >= 0.3 is 0 Å². The molecule has 1 nitrogen and oxygen atoms in total. The van der Waals surface area contributed by atoms with E-state index < -0.39 is 0 Å². The first-order valence-electron chi connectivity index (χ1n) is 4.12. The zero-order valence-electron chi connectivity index (χ0n) is 7.25. The maximum absolute atomic E-state index is 5.82. The third-order valence-electron chi connectivity index (χ3n) is 1.98. The van der Waals surface area contributed by atoms with Gasteiger partial charge in [0.05, 0.1) is 0 Å². The van der Waals surface area contributed by atoms with Gasteiger partial charge in [0.25, 0.3) is 0 Å². The van der Waals surface area contributed by atoms with Crippen molar-refractivity contribution >= 4 is 37.4 Å². The van der Waals surface area contributed by atoms with E-state index in [0.29, 0.717) is 0 Å². The molecule has 0 aliphatic heterocycles. The van der Waals surface area contributed by atoms with E-state index >= 15 is 0 Å². The van der Waals surface area contributed by atoms with Gasteiger partial charge in [-0.05, 0) is 25.1 Å². The number of halogens is 1. The Balaban J connectivity index is 2.68. The van der Waals surface area contributed by atoms with Crippen molar-refractivity contribution in [3.05, 3.63) is 33.6 Å². The lowest BCUT2D eigenvalue weighted by Crippen LogP contribution is -2.01. The highest BCUT2D eigenvalue weighted by molar-refractivity contribution is 9.10. The number of fused-ring (bicyclic) bond motifs is 1. The molecular formula is C10H10BrNS. The summed E-state index contributed by atoms with van der Waals surface area (Å²) < 4.78 is 2.44. The molecule has 0 saturated carbocycles. The van der Waals surface area contributed by atoms with Crippen LogP contribution in [-0.4, -0.2) is 0 Å². The van der Waals surface area contributed by atoms with Crippen LogP contribution in [0.1, 0.15) is 17.8 Å². The van der Waals surface area contributed by atoms with Gasteiger partial charge in [-0.3, -0.25) is 0 Å². The fourth-order valence-corrected chi connectivity index (χ4v) is 2.92. The van der Waals surface area contributed by atoms with Gasteiger partial charge in [-0.1, -0.05) is 22.0 Å². The van der Waals surface area contributed by atoms with Crippen LogP contribution in [0.3, 0.4) is 0 Å². The molecule has 0 bridgehead atoms. The van der Waals surface area contributed by atoms with Crippen LogP contribution in [-0.2, 0) is 0 Å². The zero-order valence-corrected chi connectivity index (χ0v) is 9.65. The fraction of sp³-hybridized carbons (Fsp3) is 0.200. The Hall–Kier alpha value is -0.380. The number of hydrogen-bond acceptors (Lipinski definition) is 2. The first kappa shape index (κ1) is 9.19. The molecule has 1 unspecified atom stereocenters. The van der Waals surface area contributed by atoms with Crippen LogP contribution in [0.5, 0.6) is 0 Å². The monoisotopic (exact) mass is 255 g/mol. The SMILES string of the molecule is CC(N)c1cc2c(Br)cccc2s1. The maximum atomic E-state index is 5.82. The second kappa shape index (κ2) is 3.40. The second-order valence-corrected chi connectivity index (χ2v) is 5.06. The van der Waals surface area contributed by atoms with Crippen LogP contribution in [0.25, 0.3) is 10.1 Å². The molecule has 0 fully saturated rings. The Morgan fingerprint density at radius 1 is 1.46 bits per heavy atom. The van der Waals surface area contributed by atoms with E-state index in [2.05, 4.69) is 34.1 Å². The van der Waals surface area contributed by atoms with Crippen molar-refractivity contribution in [2.75, 3.05) is 0 Å². The lowest BCUT2D eigenvalue weighted by Gasteiger charge is -1.96. The Morgan fingerprint density at radius 2 is 2.23 bits per heavy atom. The van der Waals surface area contributed by atoms with Gasteiger partial charge in [0.2, 0.25) is 0 Å². The van der Waals surface area contributed by atoms with Gasteiger partial charge in [-0.15, -0.1) is 11.3 Å². The second-order valence-electron chi connectivity index (χ2n) is 3.09. The predicted octanol–water partition coefficient (Wildman–Crippen LogP) is 3.68.